The van der Waals surface area contributed by atoms with Crippen molar-refractivity contribution in [3.63, 3.8) is 0 Å². The van der Waals surface area contributed by atoms with Crippen LogP contribution in [0.5, 0.6) is 0 Å². The number of nitrogens with two attached hydrogens (primary N) is 1. The normalized spacial score (nSPS) is 19.7. The molecule has 4 N–H and O–H groups in total. The number of aromatic nitrogens is 2. The number of carbonyl (C=O) groups excluding carboxylic acids is 1. The fourth-order valence-corrected chi connectivity index (χ4v) is 4.73. The Balaban J connectivity index is 1.89. The minimum Gasteiger partial charge on any atom is -0.372 e. The van der Waals surface area contributed by atoms with E-state index in [-0.39, 0.29) is 22.7 Å². The maximum atomic E-state index is 13.2. The third-order valence-electron chi connectivity index (χ3n) is 6.10. The number of hydrogen-bond donors (Lipinski definition) is 3. The molecule has 1 aromatic carbocycles. The van der Waals surface area contributed by atoms with E-state index in [1.807, 2.05) is 12.1 Å². The molecule has 1 aliphatic carbocycles. The van der Waals surface area contributed by atoms with Gasteiger partial charge in [-0.2, -0.15) is 4.98 Å². The Morgan fingerprint density at radius 1 is 1.13 bits per heavy atom. The summed E-state index contributed by atoms with van der Waals surface area (Å²) in [4.78, 5) is 35.3. The molecule has 0 fully saturated rings. The number of H-pyrrole nitrogens is 1. The van der Waals surface area contributed by atoms with Crippen LogP contribution in [0, 0.1) is 5.41 Å². The van der Waals surface area contributed by atoms with Gasteiger partial charge in [0.25, 0.3) is 5.56 Å². The molecule has 1 aliphatic heterocycles. The van der Waals surface area contributed by atoms with E-state index in [0.717, 1.165) is 36.5 Å². The molecule has 1 aromatic heterocycles. The van der Waals surface area contributed by atoms with Gasteiger partial charge in [-0.25, -0.2) is 0 Å². The van der Waals surface area contributed by atoms with Crippen molar-refractivity contribution in [1.29, 1.82) is 0 Å². The van der Waals surface area contributed by atoms with Crippen molar-refractivity contribution in [2.24, 2.45) is 5.41 Å². The number of rotatable bonds is 4. The number of hydrogen-bond acceptors (Lipinski definition) is 6. The molecular formula is C23H29N5O2. The van der Waals surface area contributed by atoms with Crippen LogP contribution < -0.4 is 21.5 Å². The summed E-state index contributed by atoms with van der Waals surface area (Å²) in [7, 11) is 0. The Labute approximate surface area is 176 Å². The number of nitrogens with zero attached hydrogens (tertiary/aromatic N) is 2. The van der Waals surface area contributed by atoms with Gasteiger partial charge < -0.3 is 16.0 Å². The predicted molar refractivity (Wildman–Crippen MR) is 120 cm³/mol. The molecule has 2 aromatic rings. The monoisotopic (exact) mass is 407 g/mol. The zero-order chi connectivity index (χ0) is 21.6. The molecule has 0 bridgehead atoms. The van der Waals surface area contributed by atoms with E-state index < -0.39 is 5.92 Å². The number of nitrogens with one attached hydrogen (secondary N) is 2. The third kappa shape index (κ3) is 3.38. The van der Waals surface area contributed by atoms with Crippen LogP contribution in [0.2, 0.25) is 0 Å². The van der Waals surface area contributed by atoms with Gasteiger partial charge in [0.05, 0.1) is 5.56 Å². The largest absolute Gasteiger partial charge is 0.372 e. The van der Waals surface area contributed by atoms with E-state index in [1.54, 1.807) is 0 Å². The highest BCUT2D eigenvalue weighted by molar-refractivity contribution is 6.01. The average Bonchev–Trinajstić information content (AvgIpc) is 2.66. The number of allylic oxidation sites excluding steroid dienone is 2. The fraction of sp³-hybridized carbons (Fsp3) is 0.435. The van der Waals surface area contributed by atoms with Crippen molar-refractivity contribution in [3.8, 4) is 0 Å². The number of benzene rings is 1. The highest BCUT2D eigenvalue weighted by atomic mass is 16.1. The molecule has 0 radical (unpaired) electrons. The topological polar surface area (TPSA) is 104 Å². The summed E-state index contributed by atoms with van der Waals surface area (Å²) < 4.78 is 0. The van der Waals surface area contributed by atoms with Crippen molar-refractivity contribution < 1.29 is 4.79 Å². The lowest BCUT2D eigenvalue weighted by molar-refractivity contribution is -0.118. The van der Waals surface area contributed by atoms with Crippen LogP contribution in [0.1, 0.15) is 57.6 Å². The van der Waals surface area contributed by atoms with Crippen molar-refractivity contribution in [1.82, 2.24) is 9.97 Å². The van der Waals surface area contributed by atoms with Crippen LogP contribution in [0.3, 0.4) is 0 Å². The van der Waals surface area contributed by atoms with E-state index in [4.69, 9.17) is 5.73 Å². The molecule has 0 saturated carbocycles. The number of nitrogen functional groups attached to an aromatic ring is 1. The highest BCUT2D eigenvalue weighted by Gasteiger charge is 2.42. The van der Waals surface area contributed by atoms with Gasteiger partial charge >= 0.3 is 0 Å². The lowest BCUT2D eigenvalue weighted by Gasteiger charge is -2.38. The molecule has 7 nitrogen and oxygen atoms in total. The van der Waals surface area contributed by atoms with Crippen molar-refractivity contribution in [2.75, 3.05) is 29.0 Å². The van der Waals surface area contributed by atoms with Gasteiger partial charge in [0.1, 0.15) is 5.82 Å². The lowest BCUT2D eigenvalue weighted by Crippen LogP contribution is -2.37. The smallest absolute Gasteiger partial charge is 0.258 e. The molecule has 0 amide bonds. The molecule has 158 valence electrons. The SMILES string of the molecule is CCN(CC)c1ccc(C2C3=C(CC(C)(C)CC3=O)Nc3nc(N)[nH]c(=O)c32)cc1. The van der Waals surface area contributed by atoms with Crippen molar-refractivity contribution in [2.45, 2.75) is 46.5 Å². The summed E-state index contributed by atoms with van der Waals surface area (Å²) in [5.41, 5.74) is 9.34. The van der Waals surface area contributed by atoms with Gasteiger partial charge in [0.15, 0.2) is 5.78 Å². The minimum atomic E-state index is -0.456. The number of fused-ring (bicyclic) bond motifs is 1. The van der Waals surface area contributed by atoms with E-state index in [2.05, 4.69) is 60.0 Å². The zero-order valence-corrected chi connectivity index (χ0v) is 18.0. The predicted octanol–water partition coefficient (Wildman–Crippen LogP) is 3.40. The minimum absolute atomic E-state index is 0.0623. The molecule has 30 heavy (non-hydrogen) atoms. The molecular weight excluding hydrogens is 378 g/mol. The van der Waals surface area contributed by atoms with Gasteiger partial charge in [0.2, 0.25) is 5.95 Å². The van der Waals surface area contributed by atoms with Crippen LogP contribution in [-0.4, -0.2) is 28.8 Å². The Hall–Kier alpha value is -3.09. The van der Waals surface area contributed by atoms with Gasteiger partial charge in [0, 0.05) is 42.4 Å². The summed E-state index contributed by atoms with van der Waals surface area (Å²) in [5, 5.41) is 3.25. The summed E-state index contributed by atoms with van der Waals surface area (Å²) in [6, 6.07) is 8.14. The number of ketones is 1. The first-order valence-electron chi connectivity index (χ1n) is 10.5. The summed E-state index contributed by atoms with van der Waals surface area (Å²) in [6.45, 7) is 10.2. The Morgan fingerprint density at radius 3 is 2.43 bits per heavy atom. The van der Waals surface area contributed by atoms with Crippen LogP contribution in [0.25, 0.3) is 0 Å². The van der Waals surface area contributed by atoms with Crippen molar-refractivity contribution >= 4 is 23.2 Å². The molecule has 2 aliphatic rings. The number of Topliss-reactive ketones (excluding diaryl/α,β-unsaturated/α-hetero) is 1. The van der Waals surface area contributed by atoms with Crippen molar-refractivity contribution in [3.05, 3.63) is 57.0 Å². The quantitative estimate of drug-likeness (QED) is 0.718. The summed E-state index contributed by atoms with van der Waals surface area (Å²) in [5.74, 6) is 0.126. The summed E-state index contributed by atoms with van der Waals surface area (Å²) >= 11 is 0. The zero-order valence-electron chi connectivity index (χ0n) is 18.0. The second kappa shape index (κ2) is 7.31. The van der Waals surface area contributed by atoms with E-state index in [1.165, 1.54) is 0 Å². The molecule has 2 heterocycles. The first-order chi connectivity index (χ1) is 14.2. The number of anilines is 3. The van der Waals surface area contributed by atoms with Gasteiger partial charge in [-0.3, -0.25) is 14.6 Å². The Morgan fingerprint density at radius 2 is 1.80 bits per heavy atom. The van der Waals surface area contributed by atoms with Crippen LogP contribution >= 0.6 is 0 Å². The number of aromatic amines is 1. The molecule has 1 unspecified atom stereocenters. The molecule has 1 atom stereocenters. The van der Waals surface area contributed by atoms with E-state index in [0.29, 0.717) is 23.4 Å². The molecule has 0 spiro atoms. The molecule has 4 rings (SSSR count). The first kappa shape index (κ1) is 20.2. The van der Waals surface area contributed by atoms with Gasteiger partial charge in [-0.15, -0.1) is 0 Å². The van der Waals surface area contributed by atoms with Gasteiger partial charge in [-0.1, -0.05) is 26.0 Å². The summed E-state index contributed by atoms with van der Waals surface area (Å²) in [6.07, 6.45) is 1.17. The maximum absolute atomic E-state index is 13.2. The second-order valence-electron chi connectivity index (χ2n) is 8.87. The molecule has 7 heteroatoms. The van der Waals surface area contributed by atoms with Crippen LogP contribution in [-0.2, 0) is 4.79 Å². The van der Waals surface area contributed by atoms with Crippen LogP contribution in [0.4, 0.5) is 17.5 Å². The standard InChI is InChI=1S/C23H29N5O2/c1-5-28(6-2)14-9-7-13(8-10-14)17-18-15(11-23(3,4)12-16(18)29)25-20-19(17)21(30)27-22(24)26-20/h7-10,17H,5-6,11-12H2,1-4H3,(H4,24,25,26,27,30). The fourth-order valence-electron chi connectivity index (χ4n) is 4.73. The van der Waals surface area contributed by atoms with E-state index >= 15 is 0 Å². The lowest BCUT2D eigenvalue weighted by atomic mass is 9.69. The van der Waals surface area contributed by atoms with Crippen LogP contribution in [0.15, 0.2) is 40.3 Å². The first-order valence-corrected chi connectivity index (χ1v) is 10.5. The Bertz CT molecular complexity index is 1080. The number of carbonyl (C=O) groups is 1. The average molecular weight is 408 g/mol. The van der Waals surface area contributed by atoms with E-state index in [9.17, 15) is 9.59 Å². The maximum Gasteiger partial charge on any atom is 0.258 e. The highest BCUT2D eigenvalue weighted by Crippen LogP contribution is 2.47. The molecule has 0 saturated heterocycles. The Kier molecular flexibility index (Phi) is 4.92. The van der Waals surface area contributed by atoms with Gasteiger partial charge in [-0.05, 0) is 43.4 Å². The second-order valence-corrected chi connectivity index (χ2v) is 8.87. The third-order valence-corrected chi connectivity index (χ3v) is 6.10.